The topological polar surface area (TPSA) is 157 Å². The molecule has 15 heteroatoms. The van der Waals surface area contributed by atoms with Crippen molar-refractivity contribution >= 4 is 70.8 Å². The standard InChI is InChI=1S/C39H31BCl2FN3O8/c1-54-23-11-8-19(9-12-23)39-28(36(49)46(38(39)51)44-31-15-10-21(41)17-29(31)42)18-27-24(33(39)26-6-3-7-30(43)34(26)47)13-14-25-32(27)37(50)45(35(25)48)22-5-2-4-20(16-22)40(52)53/h2-13,15-17,25,27-28,32-33,44,47,52-53H,14,18H2,1H3/t25-,27+,28-,32-,33+,39+/m0/s1. The Morgan fingerprint density at radius 3 is 2.35 bits per heavy atom. The molecule has 8 rings (SSSR count). The summed E-state index contributed by atoms with van der Waals surface area (Å²) >= 11 is 12.6. The van der Waals surface area contributed by atoms with Gasteiger partial charge in [0.1, 0.15) is 5.75 Å². The van der Waals surface area contributed by atoms with E-state index in [0.29, 0.717) is 21.9 Å². The Kier molecular flexibility index (Phi) is 8.80. The van der Waals surface area contributed by atoms with Crippen LogP contribution in [-0.4, -0.2) is 58.0 Å². The Morgan fingerprint density at radius 1 is 0.907 bits per heavy atom. The number of phenolic OH excluding ortho intramolecular Hbond substituents is 1. The average Bonchev–Trinajstić information content (AvgIpc) is 3.54. The third-order valence-electron chi connectivity index (χ3n) is 11.3. The highest BCUT2D eigenvalue weighted by molar-refractivity contribution is 6.58. The van der Waals surface area contributed by atoms with Crippen LogP contribution in [-0.2, 0) is 24.6 Å². The van der Waals surface area contributed by atoms with Crippen LogP contribution in [0.1, 0.15) is 29.9 Å². The number of amides is 4. The minimum atomic E-state index is -1.84. The number of rotatable bonds is 7. The first-order chi connectivity index (χ1) is 25.9. The number of hydrazine groups is 1. The van der Waals surface area contributed by atoms with Crippen LogP contribution in [0.2, 0.25) is 10.0 Å². The number of hydrogen-bond donors (Lipinski definition) is 4. The van der Waals surface area contributed by atoms with Crippen molar-refractivity contribution < 1.29 is 43.5 Å². The molecule has 2 aliphatic heterocycles. The lowest BCUT2D eigenvalue weighted by atomic mass is 9.49. The van der Waals surface area contributed by atoms with Crippen LogP contribution < -0.4 is 20.5 Å². The zero-order chi connectivity index (χ0) is 38.2. The molecular formula is C39H31BCl2FN3O8. The van der Waals surface area contributed by atoms with Crippen LogP contribution >= 0.6 is 23.2 Å². The molecule has 6 atom stereocenters. The van der Waals surface area contributed by atoms with Gasteiger partial charge >= 0.3 is 7.12 Å². The van der Waals surface area contributed by atoms with E-state index in [2.05, 4.69) is 5.43 Å². The predicted molar refractivity (Wildman–Crippen MR) is 197 cm³/mol. The fourth-order valence-corrected chi connectivity index (χ4v) is 9.48. The van der Waals surface area contributed by atoms with E-state index in [0.717, 1.165) is 16.0 Å². The number of aromatic hydroxyl groups is 1. The van der Waals surface area contributed by atoms with Gasteiger partial charge in [-0.15, -0.1) is 0 Å². The van der Waals surface area contributed by atoms with Crippen molar-refractivity contribution in [1.82, 2.24) is 5.01 Å². The monoisotopic (exact) mass is 769 g/mol. The number of nitrogens with zero attached hydrogens (tertiary/aromatic N) is 2. The summed E-state index contributed by atoms with van der Waals surface area (Å²) in [6.45, 7) is 0. The molecule has 0 aromatic heterocycles. The van der Waals surface area contributed by atoms with E-state index in [-0.39, 0.29) is 40.3 Å². The van der Waals surface area contributed by atoms with Gasteiger partial charge in [-0.25, -0.2) is 4.39 Å². The molecule has 3 fully saturated rings. The number of phenols is 1. The van der Waals surface area contributed by atoms with Gasteiger partial charge in [0.15, 0.2) is 11.6 Å². The summed E-state index contributed by atoms with van der Waals surface area (Å²) in [5.41, 5.74) is 2.42. The lowest BCUT2D eigenvalue weighted by Crippen LogP contribution is -2.53. The summed E-state index contributed by atoms with van der Waals surface area (Å²) in [7, 11) is -0.363. The van der Waals surface area contributed by atoms with Crippen LogP contribution in [0.3, 0.4) is 0 Å². The fraction of sp³-hybridized carbons (Fsp3) is 0.231. The highest BCUT2D eigenvalue weighted by Gasteiger charge is 2.70. The molecule has 4 amide bonds. The number of hydrogen-bond acceptors (Lipinski definition) is 9. The number of para-hydroxylation sites is 1. The summed E-state index contributed by atoms with van der Waals surface area (Å²) in [5.74, 6) is -8.69. The van der Waals surface area contributed by atoms with Crippen LogP contribution in [0.5, 0.6) is 11.5 Å². The quantitative estimate of drug-likeness (QED) is 0.119. The average molecular weight is 770 g/mol. The predicted octanol–water partition coefficient (Wildman–Crippen LogP) is 4.72. The molecule has 0 bridgehead atoms. The van der Waals surface area contributed by atoms with Crippen molar-refractivity contribution in [2.75, 3.05) is 17.4 Å². The van der Waals surface area contributed by atoms with E-state index in [1.807, 2.05) is 0 Å². The van der Waals surface area contributed by atoms with E-state index >= 15 is 9.18 Å². The number of ether oxygens (including phenoxy) is 1. The number of imide groups is 2. The maximum Gasteiger partial charge on any atom is 0.488 e. The molecule has 2 saturated heterocycles. The first-order valence-corrected chi connectivity index (χ1v) is 17.9. The van der Waals surface area contributed by atoms with Gasteiger partial charge in [0, 0.05) is 16.5 Å². The second-order valence-corrected chi connectivity index (χ2v) is 14.7. The smallest absolute Gasteiger partial charge is 0.488 e. The largest absolute Gasteiger partial charge is 0.505 e. The molecule has 4 N–H and O–H groups in total. The molecule has 4 aromatic carbocycles. The number of methoxy groups -OCH3 is 1. The summed E-state index contributed by atoms with van der Waals surface area (Å²) in [4.78, 5) is 59.7. The Balaban J connectivity index is 1.33. The summed E-state index contributed by atoms with van der Waals surface area (Å²) in [6, 6.07) is 20.8. The van der Waals surface area contributed by atoms with E-state index in [1.54, 1.807) is 30.3 Å². The van der Waals surface area contributed by atoms with Gasteiger partial charge in [0.05, 0.1) is 46.7 Å². The van der Waals surface area contributed by atoms with Gasteiger partial charge in [0.2, 0.25) is 11.8 Å². The first kappa shape index (κ1) is 35.8. The number of fused-ring (bicyclic) bond motifs is 4. The number of benzene rings is 4. The van der Waals surface area contributed by atoms with Gasteiger partial charge in [0.25, 0.3) is 11.8 Å². The molecule has 1 saturated carbocycles. The fourth-order valence-electron chi connectivity index (χ4n) is 9.03. The maximum absolute atomic E-state index is 15.4. The minimum absolute atomic E-state index is 0.0241. The molecule has 4 aromatic rings. The van der Waals surface area contributed by atoms with Crippen molar-refractivity contribution in [1.29, 1.82) is 0 Å². The number of carbonyl (C=O) groups excluding carboxylic acids is 4. The summed E-state index contributed by atoms with van der Waals surface area (Å²) in [5, 5.41) is 32.4. The van der Waals surface area contributed by atoms with Crippen molar-refractivity contribution in [3.63, 3.8) is 0 Å². The van der Waals surface area contributed by atoms with Crippen LogP contribution in [0.25, 0.3) is 0 Å². The third-order valence-corrected chi connectivity index (χ3v) is 11.9. The molecule has 4 aliphatic rings. The van der Waals surface area contributed by atoms with Gasteiger partial charge in [-0.3, -0.25) is 29.5 Å². The number of allylic oxidation sites excluding steroid dienone is 2. The SMILES string of the molecule is COc1ccc([C@@]23C(=O)N(Nc4ccc(Cl)cc4Cl)C(=O)[C@@H]2C[C@@H]2C(=CC[C@@H]4C(=O)N(c5cccc(B(O)O)c5)C(=O)[C@@H]42)[C@@H]3c2cccc(F)c2O)cc1. The van der Waals surface area contributed by atoms with Gasteiger partial charge < -0.3 is 19.9 Å². The van der Waals surface area contributed by atoms with Crippen LogP contribution in [0.15, 0.2) is 96.6 Å². The second kappa shape index (κ2) is 13.3. The summed E-state index contributed by atoms with van der Waals surface area (Å²) < 4.78 is 20.8. The van der Waals surface area contributed by atoms with E-state index in [1.165, 1.54) is 61.7 Å². The Morgan fingerprint density at radius 2 is 1.65 bits per heavy atom. The molecule has 0 unspecified atom stereocenters. The molecule has 274 valence electrons. The molecular weight excluding hydrogens is 739 g/mol. The molecule has 2 aliphatic carbocycles. The third kappa shape index (κ3) is 5.24. The molecule has 0 spiro atoms. The maximum atomic E-state index is 15.4. The second-order valence-electron chi connectivity index (χ2n) is 13.9. The van der Waals surface area contributed by atoms with E-state index in [9.17, 15) is 29.5 Å². The number of nitrogens with one attached hydrogen (secondary N) is 1. The van der Waals surface area contributed by atoms with Gasteiger partial charge in [-0.05, 0) is 78.3 Å². The summed E-state index contributed by atoms with van der Waals surface area (Å²) in [6.07, 6.45) is 1.78. The Bertz CT molecular complexity index is 2290. The molecule has 2 heterocycles. The first-order valence-electron chi connectivity index (χ1n) is 17.1. The van der Waals surface area contributed by atoms with Gasteiger partial charge in [-0.2, -0.15) is 5.01 Å². The highest BCUT2D eigenvalue weighted by Crippen LogP contribution is 2.65. The van der Waals surface area contributed by atoms with Crippen molar-refractivity contribution in [3.05, 3.63) is 124 Å². The van der Waals surface area contributed by atoms with Crippen LogP contribution in [0.4, 0.5) is 15.8 Å². The Labute approximate surface area is 318 Å². The number of anilines is 2. The number of halogens is 3. The molecule has 11 nitrogen and oxygen atoms in total. The van der Waals surface area contributed by atoms with Gasteiger partial charge in [-0.1, -0.05) is 71.2 Å². The molecule has 0 radical (unpaired) electrons. The van der Waals surface area contributed by atoms with Crippen molar-refractivity contribution in [3.8, 4) is 11.5 Å². The minimum Gasteiger partial charge on any atom is -0.505 e. The normalized spacial score (nSPS) is 26.0. The zero-order valence-corrected chi connectivity index (χ0v) is 30.0. The zero-order valence-electron chi connectivity index (χ0n) is 28.4. The molecule has 54 heavy (non-hydrogen) atoms. The van der Waals surface area contributed by atoms with E-state index in [4.69, 9.17) is 27.9 Å². The lowest BCUT2D eigenvalue weighted by molar-refractivity contribution is -0.138. The van der Waals surface area contributed by atoms with Crippen molar-refractivity contribution in [2.24, 2.45) is 23.7 Å². The van der Waals surface area contributed by atoms with Crippen LogP contribution in [0, 0.1) is 29.5 Å². The van der Waals surface area contributed by atoms with E-state index < -0.39 is 77.3 Å². The lowest BCUT2D eigenvalue weighted by Gasteiger charge is -2.50. The highest BCUT2D eigenvalue weighted by atomic mass is 35.5. The Hall–Kier alpha value is -5.21. The number of carbonyl (C=O) groups is 4. The van der Waals surface area contributed by atoms with Crippen molar-refractivity contribution in [2.45, 2.75) is 24.2 Å².